The van der Waals surface area contributed by atoms with Gasteiger partial charge in [0.1, 0.15) is 5.82 Å². The van der Waals surface area contributed by atoms with E-state index in [9.17, 15) is 14.0 Å². The molecule has 0 saturated carbocycles. The Morgan fingerprint density at radius 2 is 1.65 bits per heavy atom. The Morgan fingerprint density at radius 1 is 0.957 bits per heavy atom. The fraction of sp³-hybridized carbons (Fsp3) is 0.250. The van der Waals surface area contributed by atoms with Crippen LogP contribution in [0, 0.1) is 5.82 Å². The van der Waals surface area contributed by atoms with Gasteiger partial charge in [-0.15, -0.1) is 0 Å². The number of benzene rings is 1. The van der Waals surface area contributed by atoms with E-state index >= 15 is 0 Å². The molecule has 2 aromatic rings. The highest BCUT2D eigenvalue weighted by molar-refractivity contribution is 5.91. The first-order valence-electron chi connectivity index (χ1n) is 7.23. The number of amides is 3. The predicted molar refractivity (Wildman–Crippen MR) is 82.5 cm³/mol. The fourth-order valence-corrected chi connectivity index (χ4v) is 1.88. The quantitative estimate of drug-likeness (QED) is 0.679. The van der Waals surface area contributed by atoms with Gasteiger partial charge in [0.25, 0.3) is 5.91 Å². The molecule has 2 rings (SSSR count). The molecule has 0 fully saturated rings. The standard InChI is InChI=1S/C16H18FN3O3/c17-13-5-3-12(4-6-13)7-8-19-16(22)20-10-9-18-15(21)14-2-1-11-23-14/h1-6,11H,7-10H2,(H,18,21)(H2,19,20,22). The highest BCUT2D eigenvalue weighted by Gasteiger charge is 2.07. The molecule has 1 aromatic heterocycles. The number of nitrogens with one attached hydrogen (secondary N) is 3. The average molecular weight is 319 g/mol. The van der Waals surface area contributed by atoms with Crippen LogP contribution in [0.2, 0.25) is 0 Å². The van der Waals surface area contributed by atoms with Gasteiger partial charge in [0, 0.05) is 19.6 Å². The summed E-state index contributed by atoms with van der Waals surface area (Å²) in [4.78, 5) is 23.1. The van der Waals surface area contributed by atoms with Crippen LogP contribution < -0.4 is 16.0 Å². The van der Waals surface area contributed by atoms with Crippen molar-refractivity contribution in [3.63, 3.8) is 0 Å². The first kappa shape index (κ1) is 16.5. The summed E-state index contributed by atoms with van der Waals surface area (Å²) in [5.41, 5.74) is 0.942. The van der Waals surface area contributed by atoms with Crippen molar-refractivity contribution in [2.24, 2.45) is 0 Å². The molecule has 6 nitrogen and oxygen atoms in total. The van der Waals surface area contributed by atoms with Crippen LogP contribution in [0.25, 0.3) is 0 Å². The highest BCUT2D eigenvalue weighted by Crippen LogP contribution is 2.02. The Kier molecular flexibility index (Phi) is 6.17. The van der Waals surface area contributed by atoms with Crippen LogP contribution in [0.1, 0.15) is 16.1 Å². The number of carbonyl (C=O) groups is 2. The second-order valence-electron chi connectivity index (χ2n) is 4.79. The Labute approximate surface area is 133 Å². The molecule has 23 heavy (non-hydrogen) atoms. The van der Waals surface area contributed by atoms with Gasteiger partial charge < -0.3 is 20.4 Å². The van der Waals surface area contributed by atoms with E-state index in [1.54, 1.807) is 24.3 Å². The lowest BCUT2D eigenvalue weighted by Crippen LogP contribution is -2.40. The number of furan rings is 1. The number of halogens is 1. The zero-order valence-corrected chi connectivity index (χ0v) is 12.5. The van der Waals surface area contributed by atoms with Gasteiger partial charge in [-0.05, 0) is 36.2 Å². The van der Waals surface area contributed by atoms with E-state index < -0.39 is 0 Å². The van der Waals surface area contributed by atoms with Crippen molar-refractivity contribution in [2.45, 2.75) is 6.42 Å². The molecule has 0 spiro atoms. The lowest BCUT2D eigenvalue weighted by Gasteiger charge is -2.08. The molecule has 0 saturated heterocycles. The lowest BCUT2D eigenvalue weighted by molar-refractivity contribution is 0.0926. The molecular weight excluding hydrogens is 301 g/mol. The molecule has 0 aliphatic carbocycles. The third-order valence-corrected chi connectivity index (χ3v) is 3.05. The molecule has 0 aliphatic heterocycles. The van der Waals surface area contributed by atoms with E-state index in [-0.39, 0.29) is 23.5 Å². The normalized spacial score (nSPS) is 10.1. The number of rotatable bonds is 7. The first-order chi connectivity index (χ1) is 11.1. The van der Waals surface area contributed by atoms with E-state index in [0.29, 0.717) is 26.1 Å². The monoisotopic (exact) mass is 319 g/mol. The molecule has 1 aromatic carbocycles. The zero-order valence-electron chi connectivity index (χ0n) is 12.5. The molecule has 0 unspecified atom stereocenters. The Hall–Kier alpha value is -2.83. The summed E-state index contributed by atoms with van der Waals surface area (Å²) in [6.07, 6.45) is 2.03. The molecular formula is C16H18FN3O3. The van der Waals surface area contributed by atoms with Crippen molar-refractivity contribution in [3.8, 4) is 0 Å². The van der Waals surface area contributed by atoms with E-state index in [1.165, 1.54) is 18.4 Å². The van der Waals surface area contributed by atoms with Crippen LogP contribution in [0.3, 0.4) is 0 Å². The van der Waals surface area contributed by atoms with Crippen LogP contribution in [-0.2, 0) is 6.42 Å². The first-order valence-corrected chi connectivity index (χ1v) is 7.23. The summed E-state index contributed by atoms with van der Waals surface area (Å²) in [6.45, 7) is 1.04. The van der Waals surface area contributed by atoms with Gasteiger partial charge in [-0.3, -0.25) is 4.79 Å². The van der Waals surface area contributed by atoms with E-state index in [1.807, 2.05) is 0 Å². The smallest absolute Gasteiger partial charge is 0.314 e. The summed E-state index contributed by atoms with van der Waals surface area (Å²) < 4.78 is 17.7. The summed E-state index contributed by atoms with van der Waals surface area (Å²) in [7, 11) is 0. The third kappa shape index (κ3) is 5.82. The van der Waals surface area contributed by atoms with Gasteiger partial charge in [0.05, 0.1) is 6.26 Å². The SMILES string of the molecule is O=C(NCCNC(=O)c1ccco1)NCCc1ccc(F)cc1. The van der Waals surface area contributed by atoms with E-state index in [0.717, 1.165) is 5.56 Å². The van der Waals surface area contributed by atoms with Gasteiger partial charge in [-0.2, -0.15) is 0 Å². The zero-order chi connectivity index (χ0) is 16.5. The van der Waals surface area contributed by atoms with Crippen LogP contribution in [0.5, 0.6) is 0 Å². The Bertz CT molecular complexity index is 627. The van der Waals surface area contributed by atoms with Crippen LogP contribution >= 0.6 is 0 Å². The van der Waals surface area contributed by atoms with Gasteiger partial charge in [0.2, 0.25) is 0 Å². The fourth-order valence-electron chi connectivity index (χ4n) is 1.88. The Balaban J connectivity index is 1.55. The van der Waals surface area contributed by atoms with Crippen molar-refractivity contribution >= 4 is 11.9 Å². The second-order valence-corrected chi connectivity index (χ2v) is 4.79. The molecule has 1 heterocycles. The molecule has 3 amide bonds. The van der Waals surface area contributed by atoms with Crippen LogP contribution in [0.15, 0.2) is 47.1 Å². The van der Waals surface area contributed by atoms with Crippen molar-refractivity contribution in [1.82, 2.24) is 16.0 Å². The number of urea groups is 1. The largest absolute Gasteiger partial charge is 0.459 e. The minimum absolute atomic E-state index is 0.230. The minimum Gasteiger partial charge on any atom is -0.459 e. The van der Waals surface area contributed by atoms with Gasteiger partial charge >= 0.3 is 6.03 Å². The molecule has 122 valence electrons. The predicted octanol–water partition coefficient (Wildman–Crippen LogP) is 1.69. The molecule has 0 atom stereocenters. The van der Waals surface area contributed by atoms with E-state index in [4.69, 9.17) is 4.42 Å². The van der Waals surface area contributed by atoms with Crippen LogP contribution in [-0.4, -0.2) is 31.6 Å². The minimum atomic E-state index is -0.325. The Morgan fingerprint density at radius 3 is 2.35 bits per heavy atom. The van der Waals surface area contributed by atoms with Crippen molar-refractivity contribution in [3.05, 3.63) is 59.8 Å². The molecule has 0 aliphatic rings. The highest BCUT2D eigenvalue weighted by atomic mass is 19.1. The topological polar surface area (TPSA) is 83.4 Å². The van der Waals surface area contributed by atoms with Gasteiger partial charge in [-0.1, -0.05) is 12.1 Å². The summed E-state index contributed by atoms with van der Waals surface area (Å²) in [6, 6.07) is 9.00. The maximum absolute atomic E-state index is 12.7. The van der Waals surface area contributed by atoms with E-state index in [2.05, 4.69) is 16.0 Å². The number of hydrogen-bond acceptors (Lipinski definition) is 3. The summed E-state index contributed by atoms with van der Waals surface area (Å²) in [5, 5.41) is 7.93. The third-order valence-electron chi connectivity index (χ3n) is 3.05. The maximum Gasteiger partial charge on any atom is 0.314 e. The number of hydrogen-bond donors (Lipinski definition) is 3. The van der Waals surface area contributed by atoms with Gasteiger partial charge in [-0.25, -0.2) is 9.18 Å². The maximum atomic E-state index is 12.7. The number of carbonyl (C=O) groups excluding carboxylic acids is 2. The molecule has 0 radical (unpaired) electrons. The molecule has 3 N–H and O–H groups in total. The molecule has 7 heteroatoms. The average Bonchev–Trinajstić information content (AvgIpc) is 3.08. The summed E-state index contributed by atoms with van der Waals surface area (Å²) >= 11 is 0. The van der Waals surface area contributed by atoms with Crippen molar-refractivity contribution in [2.75, 3.05) is 19.6 Å². The van der Waals surface area contributed by atoms with Crippen molar-refractivity contribution < 1.29 is 18.4 Å². The second kappa shape index (κ2) is 8.57. The lowest BCUT2D eigenvalue weighted by atomic mass is 10.1. The molecule has 0 bridgehead atoms. The van der Waals surface area contributed by atoms with Crippen LogP contribution in [0.4, 0.5) is 9.18 Å². The summed E-state index contributed by atoms with van der Waals surface area (Å²) in [5.74, 6) is -0.377. The van der Waals surface area contributed by atoms with Crippen molar-refractivity contribution in [1.29, 1.82) is 0 Å². The van der Waals surface area contributed by atoms with Gasteiger partial charge in [0.15, 0.2) is 5.76 Å².